The first-order valence-corrected chi connectivity index (χ1v) is 19.3. The van der Waals surface area contributed by atoms with Gasteiger partial charge in [-0.25, -0.2) is 4.79 Å². The zero-order valence-electron chi connectivity index (χ0n) is 31.5. The van der Waals surface area contributed by atoms with Gasteiger partial charge in [0.2, 0.25) is 0 Å². The number of amides is 1. The zero-order valence-corrected chi connectivity index (χ0v) is 31.5. The van der Waals surface area contributed by atoms with Crippen molar-refractivity contribution in [3.63, 3.8) is 0 Å². The molecule has 14 heteroatoms. The molecule has 54 heavy (non-hydrogen) atoms. The van der Waals surface area contributed by atoms with E-state index in [9.17, 15) is 4.79 Å². The minimum absolute atomic E-state index is 0.146. The normalized spacial score (nSPS) is 23.6. The Labute approximate surface area is 318 Å². The van der Waals surface area contributed by atoms with E-state index in [1.165, 1.54) is 0 Å². The van der Waals surface area contributed by atoms with Crippen molar-refractivity contribution in [2.24, 2.45) is 0 Å². The van der Waals surface area contributed by atoms with Gasteiger partial charge in [0.1, 0.15) is 19.1 Å². The Kier molecular flexibility index (Phi) is 13.1. The van der Waals surface area contributed by atoms with Gasteiger partial charge in [-0.05, 0) is 62.4 Å². The van der Waals surface area contributed by atoms with Crippen LogP contribution in [0.15, 0.2) is 60.7 Å². The first-order valence-electron chi connectivity index (χ1n) is 19.3. The molecular formula is C40H55N7O7. The molecule has 4 heterocycles. The van der Waals surface area contributed by atoms with Crippen LogP contribution < -0.4 is 15.4 Å². The van der Waals surface area contributed by atoms with Crippen LogP contribution in [0, 0.1) is 0 Å². The van der Waals surface area contributed by atoms with Crippen molar-refractivity contribution in [2.75, 3.05) is 103 Å². The van der Waals surface area contributed by atoms with Gasteiger partial charge in [-0.3, -0.25) is 9.80 Å². The van der Waals surface area contributed by atoms with Crippen LogP contribution >= 0.6 is 0 Å². The molecule has 1 atom stereocenters. The molecule has 2 N–H and O–H groups in total. The van der Waals surface area contributed by atoms with E-state index in [1.807, 2.05) is 60.7 Å². The summed E-state index contributed by atoms with van der Waals surface area (Å²) in [6, 6.07) is 19.5. The lowest BCUT2D eigenvalue weighted by molar-refractivity contribution is -0.124. The van der Waals surface area contributed by atoms with E-state index in [0.29, 0.717) is 50.3 Å². The number of piperidine rings is 1. The summed E-state index contributed by atoms with van der Waals surface area (Å²) in [7, 11) is 1.59. The summed E-state index contributed by atoms with van der Waals surface area (Å²) in [6.45, 7) is 9.91. The van der Waals surface area contributed by atoms with Crippen LogP contribution in [-0.4, -0.2) is 142 Å². The number of nitrogen functional groups attached to an aromatic ring is 1. The van der Waals surface area contributed by atoms with Crippen molar-refractivity contribution in [3.8, 4) is 17.0 Å². The van der Waals surface area contributed by atoms with E-state index in [1.54, 1.807) is 12.0 Å². The number of methoxy groups -OCH3 is 1. The number of hydrogen-bond donors (Lipinski definition) is 1. The molecule has 0 bridgehead atoms. The monoisotopic (exact) mass is 745 g/mol. The summed E-state index contributed by atoms with van der Waals surface area (Å²) in [4.78, 5) is 21.3. The molecule has 1 amide bonds. The Morgan fingerprint density at radius 2 is 1.63 bits per heavy atom. The number of ether oxygens (including phenoxy) is 6. The van der Waals surface area contributed by atoms with Gasteiger partial charge in [0, 0.05) is 65.0 Å². The molecule has 14 nitrogen and oxygen atoms in total. The molecule has 1 saturated carbocycles. The van der Waals surface area contributed by atoms with Crippen molar-refractivity contribution in [2.45, 2.75) is 56.5 Å². The fourth-order valence-corrected chi connectivity index (χ4v) is 7.74. The number of benzene rings is 2. The lowest BCUT2D eigenvalue weighted by Crippen LogP contribution is -2.56. The minimum atomic E-state index is -0.238. The minimum Gasteiger partial charge on any atom is -0.467 e. The molecule has 7 rings (SSSR count). The molecule has 4 fully saturated rings. The van der Waals surface area contributed by atoms with E-state index >= 15 is 0 Å². The average Bonchev–Trinajstić information content (AvgIpc) is 3.19. The van der Waals surface area contributed by atoms with Crippen LogP contribution in [0.4, 0.5) is 16.3 Å². The summed E-state index contributed by atoms with van der Waals surface area (Å²) in [5.41, 5.74) is 9.50. The molecule has 3 aliphatic heterocycles. The van der Waals surface area contributed by atoms with E-state index in [2.05, 4.69) is 24.9 Å². The predicted octanol–water partition coefficient (Wildman–Crippen LogP) is 4.25. The number of carbonyl (C=O) groups is 1. The Bertz CT molecular complexity index is 1630. The topological polar surface area (TPSA) is 137 Å². The number of piperazine rings is 1. The lowest BCUT2D eigenvalue weighted by Gasteiger charge is -2.48. The maximum atomic E-state index is 12.5. The number of likely N-dealkylation sites (tertiary alicyclic amines) is 1. The molecule has 1 aliphatic carbocycles. The fraction of sp³-hybridized carbons (Fsp3) is 0.575. The van der Waals surface area contributed by atoms with Crippen LogP contribution in [0.2, 0.25) is 0 Å². The SMILES string of the molecule is COCOc1ccccc1-c1cc(N2CCC3(CCCN(CCO[C@H]4C[C@H](OCCN5CCN(C(=O)OCc6ccccc6)CC5)C4)C3)OC2)c(N)nn1. The van der Waals surface area contributed by atoms with Gasteiger partial charge in [0.15, 0.2) is 12.6 Å². The maximum Gasteiger partial charge on any atom is 0.410 e. The molecule has 1 spiro atoms. The fourth-order valence-electron chi connectivity index (χ4n) is 7.74. The van der Waals surface area contributed by atoms with Crippen molar-refractivity contribution >= 4 is 17.6 Å². The molecule has 3 aromatic rings. The number of para-hydroxylation sites is 1. The largest absolute Gasteiger partial charge is 0.467 e. The van der Waals surface area contributed by atoms with Crippen LogP contribution in [0.3, 0.4) is 0 Å². The molecule has 3 saturated heterocycles. The Balaban J connectivity index is 0.764. The van der Waals surface area contributed by atoms with E-state index in [0.717, 1.165) is 101 Å². The highest BCUT2D eigenvalue weighted by Gasteiger charge is 2.40. The van der Waals surface area contributed by atoms with Gasteiger partial charge in [-0.15, -0.1) is 10.2 Å². The molecule has 1 unspecified atom stereocenters. The highest BCUT2D eigenvalue weighted by Crippen LogP contribution is 2.37. The molecule has 292 valence electrons. The maximum absolute atomic E-state index is 12.5. The first kappa shape index (κ1) is 38.2. The number of hydrogen-bond acceptors (Lipinski definition) is 13. The third-order valence-electron chi connectivity index (χ3n) is 11.0. The second-order valence-electron chi connectivity index (χ2n) is 14.7. The van der Waals surface area contributed by atoms with E-state index in [4.69, 9.17) is 34.2 Å². The Morgan fingerprint density at radius 1 is 0.889 bits per heavy atom. The summed E-state index contributed by atoms with van der Waals surface area (Å²) < 4.78 is 35.4. The number of nitrogens with two attached hydrogens (primary N) is 1. The van der Waals surface area contributed by atoms with Crippen molar-refractivity contribution < 1.29 is 33.2 Å². The Hall–Kier alpha value is -4.05. The average molecular weight is 746 g/mol. The smallest absolute Gasteiger partial charge is 0.410 e. The van der Waals surface area contributed by atoms with Crippen molar-refractivity contribution in [1.82, 2.24) is 24.9 Å². The van der Waals surface area contributed by atoms with Gasteiger partial charge in [-0.2, -0.15) is 0 Å². The van der Waals surface area contributed by atoms with Crippen LogP contribution in [-0.2, 0) is 30.3 Å². The molecule has 1 aromatic heterocycles. The quantitative estimate of drug-likeness (QED) is 0.222. The molecule has 4 aliphatic rings. The van der Waals surface area contributed by atoms with Gasteiger partial charge in [0.05, 0.1) is 42.4 Å². The second kappa shape index (κ2) is 18.5. The molecular weight excluding hydrogens is 690 g/mol. The van der Waals surface area contributed by atoms with E-state index < -0.39 is 0 Å². The van der Waals surface area contributed by atoms with Crippen LogP contribution in [0.1, 0.15) is 37.7 Å². The number of carbonyl (C=O) groups excluding carboxylic acids is 1. The second-order valence-corrected chi connectivity index (χ2v) is 14.7. The van der Waals surface area contributed by atoms with Crippen molar-refractivity contribution in [1.29, 1.82) is 0 Å². The summed E-state index contributed by atoms with van der Waals surface area (Å²) in [5.74, 6) is 1.06. The van der Waals surface area contributed by atoms with Gasteiger partial charge in [-0.1, -0.05) is 42.5 Å². The summed E-state index contributed by atoms with van der Waals surface area (Å²) in [6.07, 6.45) is 5.26. The van der Waals surface area contributed by atoms with Crippen molar-refractivity contribution in [3.05, 3.63) is 66.2 Å². The van der Waals surface area contributed by atoms with E-state index in [-0.39, 0.29) is 30.7 Å². The number of rotatable bonds is 15. The predicted molar refractivity (Wildman–Crippen MR) is 204 cm³/mol. The zero-order chi connectivity index (χ0) is 37.2. The summed E-state index contributed by atoms with van der Waals surface area (Å²) in [5, 5.41) is 8.65. The van der Waals surface area contributed by atoms with Gasteiger partial charge >= 0.3 is 6.09 Å². The number of anilines is 2. The third-order valence-corrected chi connectivity index (χ3v) is 11.0. The van der Waals surface area contributed by atoms with Gasteiger partial charge < -0.3 is 44.0 Å². The summed E-state index contributed by atoms with van der Waals surface area (Å²) >= 11 is 0. The van der Waals surface area contributed by atoms with Gasteiger partial charge in [0.25, 0.3) is 0 Å². The van der Waals surface area contributed by atoms with Crippen LogP contribution in [0.25, 0.3) is 11.3 Å². The Morgan fingerprint density at radius 3 is 2.37 bits per heavy atom. The molecule has 2 aromatic carbocycles. The highest BCUT2D eigenvalue weighted by atomic mass is 16.7. The standard InChI is InChI=1S/C40H55N7O7/c1-49-30-53-37-11-6-5-10-34(37)35-26-36(38(41)43-42-35)47-15-13-40(54-29-47)12-7-14-45(28-40)21-23-51-33-24-32(25-33)50-22-20-44-16-18-46(19-17-44)39(48)52-27-31-8-3-2-4-9-31/h2-6,8-11,26,32-33H,7,12-25,27-30H2,1H3,(H2,41,43)/t32-,33-,40?. The first-order chi connectivity index (χ1) is 26.5. The number of nitrogens with zero attached hydrogens (tertiary/aromatic N) is 6. The third kappa shape index (κ3) is 9.97. The lowest BCUT2D eigenvalue weighted by atomic mass is 9.88. The molecule has 0 radical (unpaired) electrons. The number of aromatic nitrogens is 2. The highest BCUT2D eigenvalue weighted by molar-refractivity contribution is 5.74. The van der Waals surface area contributed by atoms with Crippen LogP contribution in [0.5, 0.6) is 5.75 Å².